The van der Waals surface area contributed by atoms with Crippen molar-refractivity contribution in [2.75, 3.05) is 25.1 Å². The van der Waals surface area contributed by atoms with Crippen LogP contribution in [0.15, 0.2) is 12.1 Å². The van der Waals surface area contributed by atoms with Gasteiger partial charge in [0.05, 0.1) is 11.7 Å². The molecular weight excluding hydrogens is 256 g/mol. The molecule has 0 aromatic carbocycles. The third-order valence-electron chi connectivity index (χ3n) is 3.72. The molecule has 0 atom stereocenters. The van der Waals surface area contributed by atoms with Gasteiger partial charge in [-0.1, -0.05) is 13.3 Å². The lowest BCUT2D eigenvalue weighted by Gasteiger charge is -2.32. The fourth-order valence-corrected chi connectivity index (χ4v) is 2.56. The Hall–Kier alpha value is -1.62. The monoisotopic (exact) mass is 278 g/mol. The number of carbonyl (C=O) groups is 1. The van der Waals surface area contributed by atoms with Gasteiger partial charge < -0.3 is 14.7 Å². The number of carboxylic acids is 1. The van der Waals surface area contributed by atoms with Crippen molar-refractivity contribution in [2.24, 2.45) is 0 Å². The summed E-state index contributed by atoms with van der Waals surface area (Å²) >= 11 is 0. The predicted molar refractivity (Wildman–Crippen MR) is 77.4 cm³/mol. The van der Waals surface area contributed by atoms with Crippen molar-refractivity contribution in [3.63, 3.8) is 0 Å². The highest BCUT2D eigenvalue weighted by molar-refractivity contribution is 5.88. The molecule has 1 saturated heterocycles. The van der Waals surface area contributed by atoms with Gasteiger partial charge in [0.1, 0.15) is 5.82 Å². The van der Waals surface area contributed by atoms with E-state index in [1.807, 2.05) is 0 Å². The molecule has 5 heteroatoms. The van der Waals surface area contributed by atoms with Gasteiger partial charge >= 0.3 is 5.97 Å². The summed E-state index contributed by atoms with van der Waals surface area (Å²) in [5.41, 5.74) is 1.18. The van der Waals surface area contributed by atoms with E-state index in [9.17, 15) is 9.90 Å². The first-order valence-electron chi connectivity index (χ1n) is 7.16. The number of aromatic carboxylic acids is 1. The van der Waals surface area contributed by atoms with E-state index in [0.717, 1.165) is 50.3 Å². The van der Waals surface area contributed by atoms with Crippen molar-refractivity contribution in [3.05, 3.63) is 23.4 Å². The van der Waals surface area contributed by atoms with Crippen molar-refractivity contribution < 1.29 is 14.6 Å². The molecular formula is C15H22N2O3. The summed E-state index contributed by atoms with van der Waals surface area (Å²) in [6.45, 7) is 3.79. The van der Waals surface area contributed by atoms with E-state index in [1.54, 1.807) is 19.2 Å². The molecule has 0 aliphatic carbocycles. The zero-order valence-corrected chi connectivity index (χ0v) is 12.1. The molecule has 1 fully saturated rings. The van der Waals surface area contributed by atoms with Crippen LogP contribution < -0.4 is 4.90 Å². The van der Waals surface area contributed by atoms with Crippen LogP contribution in [0.25, 0.3) is 0 Å². The third kappa shape index (κ3) is 3.48. The maximum atomic E-state index is 11.2. The van der Waals surface area contributed by atoms with Crippen molar-refractivity contribution in [1.29, 1.82) is 0 Å². The van der Waals surface area contributed by atoms with Crippen LogP contribution in [0.5, 0.6) is 0 Å². The Labute approximate surface area is 119 Å². The first kappa shape index (κ1) is 14.8. The Morgan fingerprint density at radius 1 is 1.45 bits per heavy atom. The van der Waals surface area contributed by atoms with Crippen molar-refractivity contribution in [1.82, 2.24) is 4.98 Å². The molecule has 0 amide bonds. The third-order valence-corrected chi connectivity index (χ3v) is 3.72. The number of aromatic nitrogens is 1. The second-order valence-electron chi connectivity index (χ2n) is 5.18. The molecule has 0 spiro atoms. The number of rotatable bonds is 5. The highest BCUT2D eigenvalue weighted by atomic mass is 16.5. The molecule has 1 aromatic rings. The van der Waals surface area contributed by atoms with Crippen molar-refractivity contribution >= 4 is 11.8 Å². The van der Waals surface area contributed by atoms with Gasteiger partial charge in [0.25, 0.3) is 0 Å². The molecule has 1 aromatic heterocycles. The summed E-state index contributed by atoms with van der Waals surface area (Å²) in [4.78, 5) is 18.0. The molecule has 2 rings (SSSR count). The number of aryl methyl sites for hydroxylation is 1. The van der Waals surface area contributed by atoms with E-state index in [4.69, 9.17) is 4.74 Å². The highest BCUT2D eigenvalue weighted by Gasteiger charge is 2.21. The normalized spacial score (nSPS) is 16.4. The molecule has 110 valence electrons. The number of hydrogen-bond donors (Lipinski definition) is 1. The molecule has 0 saturated carbocycles. The van der Waals surface area contributed by atoms with Gasteiger partial charge in [0, 0.05) is 25.9 Å². The van der Waals surface area contributed by atoms with Crippen LogP contribution >= 0.6 is 0 Å². The minimum atomic E-state index is -0.891. The largest absolute Gasteiger partial charge is 0.478 e. The van der Waals surface area contributed by atoms with Crippen molar-refractivity contribution in [3.8, 4) is 0 Å². The van der Waals surface area contributed by atoms with Crippen LogP contribution in [-0.4, -0.2) is 42.4 Å². The number of hydrogen-bond acceptors (Lipinski definition) is 4. The standard InChI is InChI=1S/C15H22N2O3/c1-3-4-12-9-11(15(18)19)10-14(16-12)17-7-5-13(20-2)6-8-17/h9-10,13H,3-8H2,1-2H3,(H,18,19). The van der Waals surface area contributed by atoms with Crippen molar-refractivity contribution in [2.45, 2.75) is 38.7 Å². The summed E-state index contributed by atoms with van der Waals surface area (Å²) < 4.78 is 5.36. The van der Waals surface area contributed by atoms with E-state index in [0.29, 0.717) is 11.7 Å². The van der Waals surface area contributed by atoms with Crippen LogP contribution in [0.1, 0.15) is 42.2 Å². The van der Waals surface area contributed by atoms with Gasteiger partial charge in [-0.15, -0.1) is 0 Å². The smallest absolute Gasteiger partial charge is 0.335 e. The highest BCUT2D eigenvalue weighted by Crippen LogP contribution is 2.21. The first-order valence-corrected chi connectivity index (χ1v) is 7.16. The van der Waals surface area contributed by atoms with E-state index in [1.165, 1.54) is 0 Å². The number of carboxylic acid groups (broad SMARTS) is 1. The van der Waals surface area contributed by atoms with Gasteiger partial charge in [0.15, 0.2) is 0 Å². The van der Waals surface area contributed by atoms with Crippen LogP contribution in [0.4, 0.5) is 5.82 Å². The number of ether oxygens (including phenoxy) is 1. The number of piperidine rings is 1. The minimum absolute atomic E-state index is 0.309. The van der Waals surface area contributed by atoms with E-state index in [2.05, 4.69) is 16.8 Å². The molecule has 2 heterocycles. The lowest BCUT2D eigenvalue weighted by molar-refractivity contribution is 0.0696. The van der Waals surface area contributed by atoms with Gasteiger partial charge in [-0.05, 0) is 31.4 Å². The molecule has 1 aliphatic heterocycles. The Morgan fingerprint density at radius 2 is 2.15 bits per heavy atom. The number of anilines is 1. The fourth-order valence-electron chi connectivity index (χ4n) is 2.56. The number of pyridine rings is 1. The van der Waals surface area contributed by atoms with E-state index >= 15 is 0 Å². The first-order chi connectivity index (χ1) is 9.63. The molecule has 5 nitrogen and oxygen atoms in total. The lowest BCUT2D eigenvalue weighted by Crippen LogP contribution is -2.37. The lowest BCUT2D eigenvalue weighted by atomic mass is 10.1. The maximum absolute atomic E-state index is 11.2. The summed E-state index contributed by atoms with van der Waals surface area (Å²) in [5.74, 6) is -0.110. The second kappa shape index (κ2) is 6.70. The zero-order chi connectivity index (χ0) is 14.5. The maximum Gasteiger partial charge on any atom is 0.335 e. The average Bonchev–Trinajstić information content (AvgIpc) is 2.47. The number of nitrogens with zero attached hydrogens (tertiary/aromatic N) is 2. The molecule has 20 heavy (non-hydrogen) atoms. The molecule has 0 radical (unpaired) electrons. The van der Waals surface area contributed by atoms with Gasteiger partial charge in [-0.25, -0.2) is 9.78 Å². The topological polar surface area (TPSA) is 62.7 Å². The molecule has 0 unspecified atom stereocenters. The Balaban J connectivity index is 2.20. The number of methoxy groups -OCH3 is 1. The van der Waals surface area contributed by atoms with Crippen LogP contribution in [0.3, 0.4) is 0 Å². The van der Waals surface area contributed by atoms with Crippen LogP contribution in [-0.2, 0) is 11.2 Å². The summed E-state index contributed by atoms with van der Waals surface area (Å²) in [6, 6.07) is 3.35. The quantitative estimate of drug-likeness (QED) is 0.895. The second-order valence-corrected chi connectivity index (χ2v) is 5.18. The minimum Gasteiger partial charge on any atom is -0.478 e. The SMILES string of the molecule is CCCc1cc(C(=O)O)cc(N2CCC(OC)CC2)n1. The predicted octanol–water partition coefficient (Wildman–Crippen LogP) is 2.35. The van der Waals surface area contributed by atoms with Crippen LogP contribution in [0.2, 0.25) is 0 Å². The fraction of sp³-hybridized carbons (Fsp3) is 0.600. The summed E-state index contributed by atoms with van der Waals surface area (Å²) in [7, 11) is 1.74. The average molecular weight is 278 g/mol. The van der Waals surface area contributed by atoms with Crippen LogP contribution in [0, 0.1) is 0 Å². The van der Waals surface area contributed by atoms with E-state index in [-0.39, 0.29) is 0 Å². The Morgan fingerprint density at radius 3 is 2.70 bits per heavy atom. The summed E-state index contributed by atoms with van der Waals surface area (Å²) in [6.07, 6.45) is 3.99. The zero-order valence-electron chi connectivity index (χ0n) is 12.1. The van der Waals surface area contributed by atoms with Gasteiger partial charge in [-0.2, -0.15) is 0 Å². The van der Waals surface area contributed by atoms with Gasteiger partial charge in [-0.3, -0.25) is 0 Å². The summed E-state index contributed by atoms with van der Waals surface area (Å²) in [5, 5.41) is 9.21. The van der Waals surface area contributed by atoms with E-state index < -0.39 is 5.97 Å². The molecule has 0 bridgehead atoms. The molecule has 1 aliphatic rings. The molecule has 1 N–H and O–H groups in total. The van der Waals surface area contributed by atoms with Gasteiger partial charge in [0.2, 0.25) is 0 Å². The Bertz CT molecular complexity index is 468. The Kier molecular flexibility index (Phi) is 4.95.